The van der Waals surface area contributed by atoms with Crippen LogP contribution in [0.15, 0.2) is 41.8 Å². The van der Waals surface area contributed by atoms with Crippen LogP contribution in [0.3, 0.4) is 0 Å². The number of nitrogens with two attached hydrogens (primary N) is 1. The van der Waals surface area contributed by atoms with Gasteiger partial charge in [-0.25, -0.2) is 0 Å². The average Bonchev–Trinajstić information content (AvgIpc) is 3.12. The summed E-state index contributed by atoms with van der Waals surface area (Å²) in [5, 5.41) is 0. The van der Waals surface area contributed by atoms with Crippen molar-refractivity contribution in [3.63, 3.8) is 0 Å². The van der Waals surface area contributed by atoms with Gasteiger partial charge in [0.1, 0.15) is 5.54 Å². The third-order valence-electron chi connectivity index (χ3n) is 3.32. The highest BCUT2D eigenvalue weighted by atomic mass is 32.2. The summed E-state index contributed by atoms with van der Waals surface area (Å²) in [6.07, 6.45) is 2.38. The number of carbonyl (C=O) groups is 1. The highest BCUT2D eigenvalue weighted by molar-refractivity contribution is 7.85. The Hall–Kier alpha value is -1.70. The van der Waals surface area contributed by atoms with Gasteiger partial charge in [0.15, 0.2) is 0 Å². The third kappa shape index (κ3) is 4.66. The van der Waals surface area contributed by atoms with Gasteiger partial charge in [0.25, 0.3) is 10.1 Å². The van der Waals surface area contributed by atoms with Gasteiger partial charge in [0, 0.05) is 5.92 Å². The summed E-state index contributed by atoms with van der Waals surface area (Å²) in [5.74, 6) is -0.188. The van der Waals surface area contributed by atoms with Crippen molar-refractivity contribution in [1.29, 1.82) is 0 Å². The van der Waals surface area contributed by atoms with Gasteiger partial charge in [0.2, 0.25) is 0 Å². The first-order valence-corrected chi connectivity index (χ1v) is 8.22. The molecule has 2 rings (SSSR count). The van der Waals surface area contributed by atoms with Crippen LogP contribution in [0.1, 0.15) is 18.9 Å². The van der Waals surface area contributed by atoms with E-state index < -0.39 is 15.7 Å². The van der Waals surface area contributed by atoms with E-state index in [0.717, 1.165) is 5.56 Å². The lowest BCUT2D eigenvalue weighted by atomic mass is 10.2. The van der Waals surface area contributed by atoms with Crippen molar-refractivity contribution < 1.29 is 22.5 Å². The summed E-state index contributed by atoms with van der Waals surface area (Å²) in [6, 6.07) is 5.99. The van der Waals surface area contributed by atoms with Crippen molar-refractivity contribution in [2.45, 2.75) is 30.7 Å². The van der Waals surface area contributed by atoms with Crippen molar-refractivity contribution in [1.82, 2.24) is 0 Å². The summed E-state index contributed by atoms with van der Waals surface area (Å²) in [6.45, 7) is 7.57. The maximum absolute atomic E-state index is 11.1. The van der Waals surface area contributed by atoms with Gasteiger partial charge < -0.3 is 10.5 Å². The highest BCUT2D eigenvalue weighted by Gasteiger charge is 2.56. The SMILES string of the molecule is C=C[C@@H]1C[C@]1(N)C(=O)OCC.Cc1ccc(S(=O)(=O)O)cc1. The van der Waals surface area contributed by atoms with Crippen molar-refractivity contribution in [2.75, 3.05) is 6.61 Å². The lowest BCUT2D eigenvalue weighted by Crippen LogP contribution is -2.36. The molecule has 0 bridgehead atoms. The predicted molar refractivity (Wildman–Crippen MR) is 82.8 cm³/mol. The van der Waals surface area contributed by atoms with Crippen LogP contribution < -0.4 is 5.73 Å². The van der Waals surface area contributed by atoms with Crippen molar-refractivity contribution in [2.24, 2.45) is 11.7 Å². The third-order valence-corrected chi connectivity index (χ3v) is 4.19. The first-order valence-electron chi connectivity index (χ1n) is 6.78. The molecule has 0 radical (unpaired) electrons. The van der Waals surface area contributed by atoms with E-state index >= 15 is 0 Å². The number of hydrogen-bond donors (Lipinski definition) is 2. The van der Waals surface area contributed by atoms with Gasteiger partial charge in [-0.3, -0.25) is 9.35 Å². The van der Waals surface area contributed by atoms with Crippen LogP contribution in [0.5, 0.6) is 0 Å². The van der Waals surface area contributed by atoms with E-state index in [9.17, 15) is 13.2 Å². The minimum atomic E-state index is -4.02. The molecule has 1 aromatic rings. The van der Waals surface area contributed by atoms with Crippen LogP contribution in [-0.4, -0.2) is 31.1 Å². The molecular formula is C15H21NO5S. The van der Waals surface area contributed by atoms with Crippen LogP contribution in [0, 0.1) is 12.8 Å². The van der Waals surface area contributed by atoms with Gasteiger partial charge >= 0.3 is 5.97 Å². The molecule has 1 aliphatic carbocycles. The quantitative estimate of drug-likeness (QED) is 0.495. The van der Waals surface area contributed by atoms with Crippen molar-refractivity contribution in [3.8, 4) is 0 Å². The van der Waals surface area contributed by atoms with E-state index in [1.54, 1.807) is 25.1 Å². The number of esters is 1. The van der Waals surface area contributed by atoms with E-state index in [1.165, 1.54) is 12.1 Å². The van der Waals surface area contributed by atoms with E-state index in [1.807, 2.05) is 6.92 Å². The fraction of sp³-hybridized carbons (Fsp3) is 0.400. The van der Waals surface area contributed by atoms with E-state index in [0.29, 0.717) is 13.0 Å². The zero-order valence-corrected chi connectivity index (χ0v) is 13.5. The monoisotopic (exact) mass is 327 g/mol. The van der Waals surface area contributed by atoms with Gasteiger partial charge in [-0.15, -0.1) is 6.58 Å². The smallest absolute Gasteiger partial charge is 0.326 e. The second-order valence-electron chi connectivity index (χ2n) is 5.10. The normalized spacial score (nSPS) is 23.0. The topological polar surface area (TPSA) is 107 Å². The van der Waals surface area contributed by atoms with Gasteiger partial charge in [-0.05, 0) is 32.4 Å². The lowest BCUT2D eigenvalue weighted by Gasteiger charge is -2.07. The summed E-state index contributed by atoms with van der Waals surface area (Å²) in [4.78, 5) is 11.0. The molecular weight excluding hydrogens is 306 g/mol. The summed E-state index contributed by atoms with van der Waals surface area (Å²) >= 11 is 0. The largest absolute Gasteiger partial charge is 0.465 e. The van der Waals surface area contributed by atoms with E-state index in [4.69, 9.17) is 15.0 Å². The van der Waals surface area contributed by atoms with Gasteiger partial charge in [-0.2, -0.15) is 8.42 Å². The molecule has 0 saturated heterocycles. The van der Waals surface area contributed by atoms with Crippen LogP contribution >= 0.6 is 0 Å². The zero-order valence-electron chi connectivity index (χ0n) is 12.7. The fourth-order valence-corrected chi connectivity index (χ4v) is 2.29. The lowest BCUT2D eigenvalue weighted by molar-refractivity contribution is -0.146. The highest BCUT2D eigenvalue weighted by Crippen LogP contribution is 2.42. The molecule has 0 heterocycles. The second-order valence-corrected chi connectivity index (χ2v) is 6.52. The molecule has 0 amide bonds. The maximum atomic E-state index is 11.1. The Labute approximate surface area is 130 Å². The molecule has 6 nitrogen and oxygen atoms in total. The molecule has 7 heteroatoms. The van der Waals surface area contributed by atoms with Gasteiger partial charge in [0.05, 0.1) is 11.5 Å². The molecule has 122 valence electrons. The maximum Gasteiger partial charge on any atom is 0.326 e. The molecule has 0 spiro atoms. The Morgan fingerprint density at radius 2 is 2.05 bits per heavy atom. The van der Waals surface area contributed by atoms with Crippen LogP contribution in [0.2, 0.25) is 0 Å². The van der Waals surface area contributed by atoms with Gasteiger partial charge in [-0.1, -0.05) is 23.8 Å². The molecule has 1 aliphatic rings. The van der Waals surface area contributed by atoms with E-state index in [2.05, 4.69) is 6.58 Å². The summed E-state index contributed by atoms with van der Waals surface area (Å²) in [7, 11) is -4.02. The minimum absolute atomic E-state index is 0.0666. The van der Waals surface area contributed by atoms with Crippen molar-refractivity contribution >= 4 is 16.1 Å². The van der Waals surface area contributed by atoms with Crippen LogP contribution in [0.25, 0.3) is 0 Å². The molecule has 0 aromatic heterocycles. The van der Waals surface area contributed by atoms with E-state index in [-0.39, 0.29) is 16.8 Å². The standard InChI is InChI=1S/C8H13NO2.C7H8O3S/c1-3-6-5-8(6,9)7(10)11-4-2;1-6-2-4-7(5-3-6)11(8,9)10/h3,6H,1,4-5,9H2,2H3;2-5H,1H3,(H,8,9,10)/t6-,8-;/m1./s1. The fourth-order valence-electron chi connectivity index (χ4n) is 1.81. The Bertz CT molecular complexity index is 638. The molecule has 0 unspecified atom stereocenters. The van der Waals surface area contributed by atoms with Crippen LogP contribution in [0.4, 0.5) is 0 Å². The first kappa shape index (κ1) is 18.3. The average molecular weight is 327 g/mol. The molecule has 1 saturated carbocycles. The Balaban J connectivity index is 0.000000220. The number of hydrogen-bond acceptors (Lipinski definition) is 5. The molecule has 1 fully saturated rings. The minimum Gasteiger partial charge on any atom is -0.465 e. The molecule has 2 atom stereocenters. The van der Waals surface area contributed by atoms with Crippen LogP contribution in [-0.2, 0) is 19.6 Å². The molecule has 22 heavy (non-hydrogen) atoms. The number of ether oxygens (including phenoxy) is 1. The molecule has 3 N–H and O–H groups in total. The Morgan fingerprint density at radius 1 is 1.50 bits per heavy atom. The number of rotatable bonds is 4. The second kappa shape index (κ2) is 7.04. The number of benzene rings is 1. The number of carbonyl (C=O) groups excluding carboxylic acids is 1. The molecule has 1 aromatic carbocycles. The zero-order chi connectivity index (χ0) is 17.0. The predicted octanol–water partition coefficient (Wildman–Crippen LogP) is 1.69. The Kier molecular flexibility index (Phi) is 5.87. The molecule has 0 aliphatic heterocycles. The summed E-state index contributed by atoms with van der Waals surface area (Å²) < 4.78 is 34.3. The summed E-state index contributed by atoms with van der Waals surface area (Å²) in [5.41, 5.74) is 5.89. The Morgan fingerprint density at radius 3 is 2.41 bits per heavy atom. The number of aryl methyl sites for hydroxylation is 1. The first-order chi connectivity index (χ1) is 10.1. The van der Waals surface area contributed by atoms with Crippen molar-refractivity contribution in [3.05, 3.63) is 42.5 Å².